The van der Waals surface area contributed by atoms with Crippen molar-refractivity contribution in [3.63, 3.8) is 0 Å². The lowest BCUT2D eigenvalue weighted by atomic mass is 9.98. The highest BCUT2D eigenvalue weighted by molar-refractivity contribution is 5.80. The molecule has 0 aliphatic rings. The Balaban J connectivity index is 2.54. The molecule has 3 nitrogen and oxygen atoms in total. The van der Waals surface area contributed by atoms with Crippen molar-refractivity contribution in [2.45, 2.75) is 32.9 Å². The monoisotopic (exact) mass is 220 g/mol. The highest BCUT2D eigenvalue weighted by Gasteiger charge is 2.20. The first-order chi connectivity index (χ1) is 7.65. The molecule has 0 aromatic heterocycles. The fraction of sp³-hybridized carbons (Fsp3) is 0.462. The number of amides is 1. The van der Waals surface area contributed by atoms with Crippen molar-refractivity contribution in [3.8, 4) is 0 Å². The Morgan fingerprint density at radius 3 is 2.50 bits per heavy atom. The summed E-state index contributed by atoms with van der Waals surface area (Å²) in [7, 11) is 0. The van der Waals surface area contributed by atoms with E-state index in [9.17, 15) is 4.79 Å². The summed E-state index contributed by atoms with van der Waals surface area (Å²) >= 11 is 0. The second-order valence-electron chi connectivity index (χ2n) is 4.13. The number of primary amides is 1. The average molecular weight is 220 g/mol. The Morgan fingerprint density at radius 2 is 2.00 bits per heavy atom. The molecular weight excluding hydrogens is 200 g/mol. The number of carbonyl (C=O) groups excluding carboxylic acids is 1. The summed E-state index contributed by atoms with van der Waals surface area (Å²) in [6.07, 6.45) is 0.940. The van der Waals surface area contributed by atoms with Crippen molar-refractivity contribution in [1.82, 2.24) is 5.32 Å². The Bertz CT molecular complexity index is 324. The molecule has 0 fully saturated rings. The van der Waals surface area contributed by atoms with Crippen LogP contribution in [0.4, 0.5) is 0 Å². The van der Waals surface area contributed by atoms with E-state index in [0.29, 0.717) is 6.54 Å². The van der Waals surface area contributed by atoms with Gasteiger partial charge >= 0.3 is 0 Å². The molecule has 0 bridgehead atoms. The van der Waals surface area contributed by atoms with Crippen molar-refractivity contribution in [2.24, 2.45) is 11.7 Å². The lowest BCUT2D eigenvalue weighted by molar-refractivity contribution is -0.121. The van der Waals surface area contributed by atoms with Crippen LogP contribution in [-0.2, 0) is 11.3 Å². The van der Waals surface area contributed by atoms with Crippen molar-refractivity contribution in [1.29, 1.82) is 0 Å². The van der Waals surface area contributed by atoms with Crippen molar-refractivity contribution < 1.29 is 4.79 Å². The van der Waals surface area contributed by atoms with Crippen molar-refractivity contribution in [2.75, 3.05) is 0 Å². The van der Waals surface area contributed by atoms with Gasteiger partial charge in [-0.1, -0.05) is 50.6 Å². The van der Waals surface area contributed by atoms with Gasteiger partial charge in [0.15, 0.2) is 0 Å². The van der Waals surface area contributed by atoms with Gasteiger partial charge in [0.2, 0.25) is 5.91 Å². The Hall–Kier alpha value is -1.35. The summed E-state index contributed by atoms with van der Waals surface area (Å²) in [6, 6.07) is 9.76. The maximum Gasteiger partial charge on any atom is 0.234 e. The smallest absolute Gasteiger partial charge is 0.234 e. The van der Waals surface area contributed by atoms with Crippen LogP contribution in [-0.4, -0.2) is 11.9 Å². The normalized spacial score (nSPS) is 14.4. The molecule has 2 unspecified atom stereocenters. The van der Waals surface area contributed by atoms with Gasteiger partial charge in [-0.3, -0.25) is 4.79 Å². The second-order valence-corrected chi connectivity index (χ2v) is 4.13. The maximum atomic E-state index is 11.3. The van der Waals surface area contributed by atoms with E-state index in [1.807, 2.05) is 37.3 Å². The van der Waals surface area contributed by atoms with Crippen LogP contribution in [0.3, 0.4) is 0 Å². The maximum absolute atomic E-state index is 11.3. The van der Waals surface area contributed by atoms with Crippen molar-refractivity contribution >= 4 is 5.91 Å². The number of hydrogen-bond acceptors (Lipinski definition) is 2. The molecular formula is C13H20N2O. The van der Waals surface area contributed by atoms with Crippen LogP contribution >= 0.6 is 0 Å². The molecule has 0 aliphatic carbocycles. The van der Waals surface area contributed by atoms with Crippen LogP contribution in [0.2, 0.25) is 0 Å². The zero-order valence-electron chi connectivity index (χ0n) is 9.94. The molecule has 3 N–H and O–H groups in total. The standard InChI is InChI=1S/C13H20N2O/c1-3-10(2)12(13(14)16)15-9-11-7-5-4-6-8-11/h4-8,10,12,15H,3,9H2,1-2H3,(H2,14,16). The molecule has 0 aliphatic heterocycles. The minimum atomic E-state index is -0.273. The van der Waals surface area contributed by atoms with Crippen LogP contribution < -0.4 is 11.1 Å². The molecule has 1 aromatic carbocycles. The van der Waals surface area contributed by atoms with Gasteiger partial charge in [0, 0.05) is 6.54 Å². The lowest BCUT2D eigenvalue weighted by Gasteiger charge is -2.21. The van der Waals surface area contributed by atoms with Crippen LogP contribution in [0.5, 0.6) is 0 Å². The van der Waals surface area contributed by atoms with Crippen LogP contribution in [0, 0.1) is 5.92 Å². The predicted octanol–water partition coefficient (Wildman–Crippen LogP) is 1.68. The summed E-state index contributed by atoms with van der Waals surface area (Å²) in [4.78, 5) is 11.3. The van der Waals surface area contributed by atoms with E-state index < -0.39 is 0 Å². The van der Waals surface area contributed by atoms with Gasteiger partial charge in [-0.2, -0.15) is 0 Å². The summed E-state index contributed by atoms with van der Waals surface area (Å²) in [6.45, 7) is 4.77. The Kier molecular flexibility index (Phi) is 4.99. The summed E-state index contributed by atoms with van der Waals surface area (Å²) < 4.78 is 0. The molecule has 88 valence electrons. The molecule has 0 heterocycles. The topological polar surface area (TPSA) is 55.1 Å². The fourth-order valence-electron chi connectivity index (χ4n) is 1.64. The zero-order valence-corrected chi connectivity index (χ0v) is 9.94. The molecule has 0 radical (unpaired) electrons. The van der Waals surface area contributed by atoms with Crippen LogP contribution in [0.15, 0.2) is 30.3 Å². The summed E-state index contributed by atoms with van der Waals surface area (Å²) in [5.74, 6) is -0.00788. The number of nitrogens with one attached hydrogen (secondary N) is 1. The number of hydrogen-bond donors (Lipinski definition) is 2. The molecule has 3 heteroatoms. The first kappa shape index (κ1) is 12.7. The fourth-order valence-corrected chi connectivity index (χ4v) is 1.64. The number of rotatable bonds is 6. The average Bonchev–Trinajstić information content (AvgIpc) is 2.30. The molecule has 1 aromatic rings. The minimum absolute atomic E-state index is 0.245. The molecule has 1 rings (SSSR count). The number of carbonyl (C=O) groups is 1. The molecule has 16 heavy (non-hydrogen) atoms. The second kappa shape index (κ2) is 6.28. The van der Waals surface area contributed by atoms with E-state index >= 15 is 0 Å². The molecule has 0 saturated heterocycles. The van der Waals surface area contributed by atoms with Crippen molar-refractivity contribution in [3.05, 3.63) is 35.9 Å². The van der Waals surface area contributed by atoms with Gasteiger partial charge in [0.05, 0.1) is 6.04 Å². The third-order valence-electron chi connectivity index (χ3n) is 2.89. The third-order valence-corrected chi connectivity index (χ3v) is 2.89. The Labute approximate surface area is 97.0 Å². The molecule has 0 spiro atoms. The lowest BCUT2D eigenvalue weighted by Crippen LogP contribution is -2.45. The van der Waals surface area contributed by atoms with Crippen LogP contribution in [0.25, 0.3) is 0 Å². The molecule has 0 saturated carbocycles. The summed E-state index contributed by atoms with van der Waals surface area (Å²) in [5.41, 5.74) is 6.54. The third kappa shape index (κ3) is 3.66. The predicted molar refractivity (Wildman–Crippen MR) is 65.7 cm³/mol. The van der Waals surface area contributed by atoms with Gasteiger partial charge in [-0.15, -0.1) is 0 Å². The van der Waals surface area contributed by atoms with Gasteiger partial charge < -0.3 is 11.1 Å². The number of nitrogens with two attached hydrogens (primary N) is 1. The van der Waals surface area contributed by atoms with Gasteiger partial charge in [0.25, 0.3) is 0 Å². The van der Waals surface area contributed by atoms with E-state index in [1.54, 1.807) is 0 Å². The van der Waals surface area contributed by atoms with Gasteiger partial charge in [0.1, 0.15) is 0 Å². The zero-order chi connectivity index (χ0) is 12.0. The van der Waals surface area contributed by atoms with Gasteiger partial charge in [-0.25, -0.2) is 0 Å². The van der Waals surface area contributed by atoms with E-state index in [2.05, 4.69) is 12.2 Å². The van der Waals surface area contributed by atoms with Crippen LogP contribution in [0.1, 0.15) is 25.8 Å². The van der Waals surface area contributed by atoms with Gasteiger partial charge in [-0.05, 0) is 11.5 Å². The highest BCUT2D eigenvalue weighted by atomic mass is 16.1. The SMILES string of the molecule is CCC(C)C(NCc1ccccc1)C(N)=O. The van der Waals surface area contributed by atoms with E-state index in [1.165, 1.54) is 0 Å². The Morgan fingerprint density at radius 1 is 1.38 bits per heavy atom. The highest BCUT2D eigenvalue weighted by Crippen LogP contribution is 2.08. The minimum Gasteiger partial charge on any atom is -0.368 e. The van der Waals surface area contributed by atoms with E-state index in [-0.39, 0.29) is 17.9 Å². The largest absolute Gasteiger partial charge is 0.368 e. The molecule has 2 atom stereocenters. The quantitative estimate of drug-likeness (QED) is 0.766. The summed E-state index contributed by atoms with van der Waals surface area (Å²) in [5, 5.41) is 3.21. The first-order valence-corrected chi connectivity index (χ1v) is 5.71. The van der Waals surface area contributed by atoms with E-state index in [4.69, 9.17) is 5.73 Å². The first-order valence-electron chi connectivity index (χ1n) is 5.71. The van der Waals surface area contributed by atoms with E-state index in [0.717, 1.165) is 12.0 Å². The number of benzene rings is 1. The molecule has 1 amide bonds.